The molecule has 4 aromatic rings. The highest BCUT2D eigenvalue weighted by Gasteiger charge is 2.30. The van der Waals surface area contributed by atoms with E-state index in [1.54, 1.807) is 15.6 Å². The minimum absolute atomic E-state index is 0.515. The topological polar surface area (TPSA) is 48.5 Å². The molecule has 0 aliphatic heterocycles. The Balaban J connectivity index is 1.47. The molecular weight excluding hydrogens is 367 g/mol. The first kappa shape index (κ1) is 18.0. The highest BCUT2D eigenvalue weighted by Crippen LogP contribution is 2.30. The number of aryl methyl sites for hydroxylation is 1. The molecule has 0 bridgehead atoms. The Morgan fingerprint density at radius 3 is 2.14 bits per heavy atom. The van der Waals surface area contributed by atoms with Gasteiger partial charge >= 0.3 is 6.18 Å². The molecule has 0 saturated carbocycles. The van der Waals surface area contributed by atoms with Crippen LogP contribution in [0.15, 0.2) is 67.1 Å². The van der Waals surface area contributed by atoms with Crippen molar-refractivity contribution in [3.05, 3.63) is 78.2 Å². The smallest absolute Gasteiger partial charge is 0.275 e. The van der Waals surface area contributed by atoms with E-state index in [0.29, 0.717) is 17.8 Å². The van der Waals surface area contributed by atoms with E-state index in [0.717, 1.165) is 28.8 Å². The van der Waals surface area contributed by atoms with Gasteiger partial charge in [-0.3, -0.25) is 4.68 Å². The predicted molar refractivity (Wildman–Crippen MR) is 98.2 cm³/mol. The molecular formula is C20H16F3N5. The van der Waals surface area contributed by atoms with E-state index in [-0.39, 0.29) is 0 Å². The lowest BCUT2D eigenvalue weighted by Gasteiger charge is -2.06. The van der Waals surface area contributed by atoms with Crippen molar-refractivity contribution in [2.24, 2.45) is 7.05 Å². The van der Waals surface area contributed by atoms with Crippen molar-refractivity contribution in [2.75, 3.05) is 0 Å². The number of alkyl halides is 3. The first-order valence-electron chi connectivity index (χ1n) is 8.54. The maximum absolute atomic E-state index is 12.7. The molecule has 0 N–H and O–H groups in total. The van der Waals surface area contributed by atoms with E-state index < -0.39 is 11.7 Å². The van der Waals surface area contributed by atoms with Crippen molar-refractivity contribution in [1.82, 2.24) is 24.8 Å². The Hall–Kier alpha value is -3.42. The van der Waals surface area contributed by atoms with Crippen LogP contribution >= 0.6 is 0 Å². The second-order valence-corrected chi connectivity index (χ2v) is 6.48. The monoisotopic (exact) mass is 383 g/mol. The molecule has 4 rings (SSSR count). The molecule has 8 heteroatoms. The SMILES string of the molecule is Cn1cc(-c2ccc(Cn3cc(-c4ccc(C(F)(F)F)cc4)nn3)cc2)cn1. The molecule has 0 radical (unpaired) electrons. The Morgan fingerprint density at radius 2 is 1.54 bits per heavy atom. The van der Waals surface area contributed by atoms with E-state index in [1.165, 1.54) is 12.1 Å². The fraction of sp³-hybridized carbons (Fsp3) is 0.150. The van der Waals surface area contributed by atoms with Gasteiger partial charge in [-0.15, -0.1) is 5.10 Å². The molecule has 0 amide bonds. The largest absolute Gasteiger partial charge is 0.416 e. The standard InChI is InChI=1S/C20H16F3N5/c1-27-12-17(10-24-27)15-4-2-14(3-5-15)11-28-13-19(25-26-28)16-6-8-18(9-7-16)20(21,22)23/h2-10,12-13H,11H2,1H3. The lowest BCUT2D eigenvalue weighted by atomic mass is 10.1. The van der Waals surface area contributed by atoms with Crippen LogP contribution in [0.4, 0.5) is 13.2 Å². The minimum atomic E-state index is -4.35. The molecule has 0 saturated heterocycles. The molecule has 0 aliphatic carbocycles. The van der Waals surface area contributed by atoms with Crippen LogP contribution in [0.5, 0.6) is 0 Å². The van der Waals surface area contributed by atoms with Crippen LogP contribution in [0.3, 0.4) is 0 Å². The summed E-state index contributed by atoms with van der Waals surface area (Å²) in [4.78, 5) is 0. The van der Waals surface area contributed by atoms with Crippen molar-refractivity contribution in [3.8, 4) is 22.4 Å². The minimum Gasteiger partial charge on any atom is -0.275 e. The summed E-state index contributed by atoms with van der Waals surface area (Å²) >= 11 is 0. The third kappa shape index (κ3) is 3.80. The fourth-order valence-electron chi connectivity index (χ4n) is 2.90. The van der Waals surface area contributed by atoms with E-state index in [2.05, 4.69) is 15.4 Å². The van der Waals surface area contributed by atoms with Crippen molar-refractivity contribution in [3.63, 3.8) is 0 Å². The number of hydrogen-bond acceptors (Lipinski definition) is 3. The van der Waals surface area contributed by atoms with Gasteiger partial charge in [-0.2, -0.15) is 18.3 Å². The number of rotatable bonds is 4. The Kier molecular flexibility index (Phi) is 4.46. The number of benzene rings is 2. The molecule has 142 valence electrons. The van der Waals surface area contributed by atoms with Crippen molar-refractivity contribution < 1.29 is 13.2 Å². The van der Waals surface area contributed by atoms with Crippen LogP contribution in [0.2, 0.25) is 0 Å². The number of hydrogen-bond donors (Lipinski definition) is 0. The average Bonchev–Trinajstić information content (AvgIpc) is 3.31. The first-order valence-corrected chi connectivity index (χ1v) is 8.54. The van der Waals surface area contributed by atoms with E-state index in [4.69, 9.17) is 0 Å². The lowest BCUT2D eigenvalue weighted by Crippen LogP contribution is -2.03. The van der Waals surface area contributed by atoms with Gasteiger partial charge in [0.1, 0.15) is 5.69 Å². The third-order valence-electron chi connectivity index (χ3n) is 4.38. The highest BCUT2D eigenvalue weighted by molar-refractivity contribution is 5.62. The molecule has 0 aliphatic rings. The molecule has 2 aromatic heterocycles. The maximum atomic E-state index is 12.7. The van der Waals surface area contributed by atoms with Gasteiger partial charge in [-0.25, -0.2) is 4.68 Å². The average molecular weight is 383 g/mol. The number of halogens is 3. The zero-order valence-corrected chi connectivity index (χ0v) is 14.9. The van der Waals surface area contributed by atoms with Crippen LogP contribution in [-0.2, 0) is 19.8 Å². The van der Waals surface area contributed by atoms with Gasteiger partial charge in [-0.05, 0) is 23.3 Å². The summed E-state index contributed by atoms with van der Waals surface area (Å²) in [6.07, 6.45) is 1.13. The molecule has 5 nitrogen and oxygen atoms in total. The van der Waals surface area contributed by atoms with Gasteiger partial charge in [0.15, 0.2) is 0 Å². The molecule has 0 atom stereocenters. The Labute approximate surface area is 159 Å². The molecule has 0 fully saturated rings. The zero-order chi connectivity index (χ0) is 19.7. The summed E-state index contributed by atoms with van der Waals surface area (Å²) in [6, 6.07) is 12.9. The van der Waals surface area contributed by atoms with Crippen LogP contribution in [0, 0.1) is 0 Å². The summed E-state index contributed by atoms with van der Waals surface area (Å²) in [7, 11) is 1.87. The highest BCUT2D eigenvalue weighted by atomic mass is 19.4. The van der Waals surface area contributed by atoms with Gasteiger partial charge in [0.05, 0.1) is 24.5 Å². The Bertz CT molecular complexity index is 1080. The summed E-state index contributed by atoms with van der Waals surface area (Å²) in [6.45, 7) is 0.515. The number of nitrogens with zero attached hydrogens (tertiary/aromatic N) is 5. The van der Waals surface area contributed by atoms with Crippen molar-refractivity contribution in [2.45, 2.75) is 12.7 Å². The van der Waals surface area contributed by atoms with Gasteiger partial charge in [-0.1, -0.05) is 41.6 Å². The summed E-state index contributed by atoms with van der Waals surface area (Å²) in [5.41, 5.74) is 3.58. The molecule has 2 aromatic carbocycles. The predicted octanol–water partition coefficient (Wildman–Crippen LogP) is 4.41. The second-order valence-electron chi connectivity index (χ2n) is 6.48. The van der Waals surface area contributed by atoms with E-state index >= 15 is 0 Å². The zero-order valence-electron chi connectivity index (χ0n) is 14.9. The van der Waals surface area contributed by atoms with Crippen LogP contribution in [0.25, 0.3) is 22.4 Å². The molecule has 2 heterocycles. The van der Waals surface area contributed by atoms with E-state index in [1.807, 2.05) is 43.7 Å². The van der Waals surface area contributed by atoms with Gasteiger partial charge in [0.25, 0.3) is 0 Å². The van der Waals surface area contributed by atoms with E-state index in [9.17, 15) is 13.2 Å². The van der Waals surface area contributed by atoms with Gasteiger partial charge in [0, 0.05) is 24.4 Å². The summed E-state index contributed by atoms with van der Waals surface area (Å²) in [5.74, 6) is 0. The van der Waals surface area contributed by atoms with Gasteiger partial charge < -0.3 is 0 Å². The maximum Gasteiger partial charge on any atom is 0.416 e. The summed E-state index contributed by atoms with van der Waals surface area (Å²) in [5, 5.41) is 12.3. The third-order valence-corrected chi connectivity index (χ3v) is 4.38. The lowest BCUT2D eigenvalue weighted by molar-refractivity contribution is -0.137. The van der Waals surface area contributed by atoms with Crippen molar-refractivity contribution in [1.29, 1.82) is 0 Å². The van der Waals surface area contributed by atoms with Crippen LogP contribution < -0.4 is 0 Å². The number of aromatic nitrogens is 5. The molecule has 28 heavy (non-hydrogen) atoms. The molecule has 0 unspecified atom stereocenters. The quantitative estimate of drug-likeness (QED) is 0.524. The fourth-order valence-corrected chi connectivity index (χ4v) is 2.90. The van der Waals surface area contributed by atoms with Crippen LogP contribution in [-0.4, -0.2) is 24.8 Å². The van der Waals surface area contributed by atoms with Gasteiger partial charge in [0.2, 0.25) is 0 Å². The summed E-state index contributed by atoms with van der Waals surface area (Å²) < 4.78 is 41.4. The van der Waals surface area contributed by atoms with Crippen molar-refractivity contribution >= 4 is 0 Å². The first-order chi connectivity index (χ1) is 13.4. The second kappa shape index (κ2) is 6.95. The Morgan fingerprint density at radius 1 is 0.857 bits per heavy atom. The van der Waals surface area contributed by atoms with Crippen LogP contribution in [0.1, 0.15) is 11.1 Å². The molecule has 0 spiro atoms. The normalized spacial score (nSPS) is 11.7.